The van der Waals surface area contributed by atoms with Crippen molar-refractivity contribution in [3.05, 3.63) is 42.0 Å². The first-order chi connectivity index (χ1) is 11.3. The van der Waals surface area contributed by atoms with Gasteiger partial charge >= 0.3 is 0 Å². The quantitative estimate of drug-likeness (QED) is 0.933. The van der Waals surface area contributed by atoms with E-state index in [2.05, 4.69) is 44.3 Å². The molecule has 4 nitrogen and oxygen atoms in total. The predicted molar refractivity (Wildman–Crippen MR) is 92.5 cm³/mol. The topological polar surface area (TPSA) is 42.7 Å². The summed E-state index contributed by atoms with van der Waals surface area (Å²) in [5, 5.41) is 12.4. The van der Waals surface area contributed by atoms with Crippen LogP contribution in [0.2, 0.25) is 0 Å². The highest BCUT2D eigenvalue weighted by Gasteiger charge is 2.39. The van der Waals surface area contributed by atoms with E-state index in [9.17, 15) is 0 Å². The van der Waals surface area contributed by atoms with Crippen LogP contribution < -0.4 is 5.32 Å². The number of hydrogen-bond acceptors (Lipinski definition) is 3. The summed E-state index contributed by atoms with van der Waals surface area (Å²) in [4.78, 5) is 0. The van der Waals surface area contributed by atoms with E-state index in [4.69, 9.17) is 0 Å². The molecule has 0 amide bonds. The van der Waals surface area contributed by atoms with Gasteiger partial charge < -0.3 is 9.88 Å². The fourth-order valence-corrected chi connectivity index (χ4v) is 4.29. The Kier molecular flexibility index (Phi) is 4.06. The van der Waals surface area contributed by atoms with Crippen molar-refractivity contribution in [1.82, 2.24) is 14.8 Å². The first-order valence-electron chi connectivity index (χ1n) is 9.05. The van der Waals surface area contributed by atoms with E-state index in [0.29, 0.717) is 5.41 Å². The number of anilines is 1. The van der Waals surface area contributed by atoms with E-state index >= 15 is 0 Å². The smallest absolute Gasteiger partial charge is 0.134 e. The van der Waals surface area contributed by atoms with Gasteiger partial charge in [0.15, 0.2) is 0 Å². The molecule has 1 aliphatic heterocycles. The zero-order chi connectivity index (χ0) is 15.5. The number of nitrogens with one attached hydrogen (secondary N) is 1. The Morgan fingerprint density at radius 2 is 1.78 bits per heavy atom. The summed E-state index contributed by atoms with van der Waals surface area (Å²) < 4.78 is 2.41. The van der Waals surface area contributed by atoms with Crippen LogP contribution in [0.15, 0.2) is 30.3 Å². The first-order valence-corrected chi connectivity index (χ1v) is 9.05. The summed E-state index contributed by atoms with van der Waals surface area (Å²) in [6.07, 6.45) is 10.4. The number of hydrogen-bond donors (Lipinski definition) is 1. The van der Waals surface area contributed by atoms with Gasteiger partial charge in [0.05, 0.1) is 0 Å². The van der Waals surface area contributed by atoms with E-state index in [-0.39, 0.29) is 0 Å². The number of nitrogens with zero attached hydrogens (tertiary/aromatic N) is 3. The lowest BCUT2D eigenvalue weighted by Gasteiger charge is -2.26. The van der Waals surface area contributed by atoms with Crippen molar-refractivity contribution in [3.8, 4) is 0 Å². The zero-order valence-electron chi connectivity index (χ0n) is 13.8. The minimum absolute atomic E-state index is 0.489. The van der Waals surface area contributed by atoms with Gasteiger partial charge in [-0.2, -0.15) is 0 Å². The maximum atomic E-state index is 4.49. The molecule has 4 heteroatoms. The van der Waals surface area contributed by atoms with Gasteiger partial charge in [-0.3, -0.25) is 0 Å². The molecule has 23 heavy (non-hydrogen) atoms. The third kappa shape index (κ3) is 3.12. The van der Waals surface area contributed by atoms with Crippen molar-refractivity contribution < 1.29 is 0 Å². The van der Waals surface area contributed by atoms with Gasteiger partial charge in [0.1, 0.15) is 11.6 Å². The van der Waals surface area contributed by atoms with E-state index in [1.54, 1.807) is 0 Å². The molecule has 1 aromatic heterocycles. The van der Waals surface area contributed by atoms with Crippen LogP contribution in [0.4, 0.5) is 5.69 Å². The second kappa shape index (κ2) is 6.34. The Morgan fingerprint density at radius 1 is 1.00 bits per heavy atom. The van der Waals surface area contributed by atoms with Crippen LogP contribution in [-0.4, -0.2) is 21.3 Å². The summed E-state index contributed by atoms with van der Waals surface area (Å²) in [6.45, 7) is 2.06. The van der Waals surface area contributed by atoms with E-state index < -0.39 is 0 Å². The largest absolute Gasteiger partial charge is 0.385 e. The Bertz CT molecular complexity index is 639. The Labute approximate surface area is 138 Å². The van der Waals surface area contributed by atoms with Crippen LogP contribution in [0, 0.1) is 5.41 Å². The normalized spacial score (nSPS) is 19.5. The highest BCUT2D eigenvalue weighted by atomic mass is 15.3. The van der Waals surface area contributed by atoms with Crippen LogP contribution in [0.5, 0.6) is 0 Å². The fraction of sp³-hybridized carbons (Fsp3) is 0.579. The van der Waals surface area contributed by atoms with Crippen molar-refractivity contribution in [2.75, 3.05) is 11.9 Å². The van der Waals surface area contributed by atoms with Crippen LogP contribution in [0.1, 0.15) is 50.2 Å². The lowest BCUT2D eigenvalue weighted by atomic mass is 9.79. The highest BCUT2D eigenvalue weighted by molar-refractivity contribution is 5.42. The molecule has 1 spiro atoms. The molecule has 1 fully saturated rings. The lowest BCUT2D eigenvalue weighted by Crippen LogP contribution is -2.23. The molecule has 0 bridgehead atoms. The van der Waals surface area contributed by atoms with Crippen LogP contribution in [0.25, 0.3) is 0 Å². The number of aromatic nitrogens is 3. The first kappa shape index (κ1) is 14.7. The van der Waals surface area contributed by atoms with E-state index in [1.807, 2.05) is 6.07 Å². The molecule has 122 valence electrons. The molecule has 0 unspecified atom stereocenters. The molecule has 2 aromatic rings. The molecule has 1 aromatic carbocycles. The Balaban J connectivity index is 1.39. The van der Waals surface area contributed by atoms with Gasteiger partial charge in [-0.15, -0.1) is 10.2 Å². The maximum Gasteiger partial charge on any atom is 0.134 e. The minimum atomic E-state index is 0.489. The standard InChI is InChI=1S/C19H26N4/c1-2-7-12-19(11-6-1)14-18-22-21-17(23(18)15-19)10-13-20-16-8-4-3-5-9-16/h3-5,8-9,20H,1-2,6-7,10-15H2. The molecule has 1 aliphatic carbocycles. The molecular formula is C19H26N4. The molecule has 0 radical (unpaired) electrons. The number of rotatable bonds is 4. The summed E-state index contributed by atoms with van der Waals surface area (Å²) >= 11 is 0. The molecule has 0 atom stereocenters. The number of para-hydroxylation sites is 1. The highest BCUT2D eigenvalue weighted by Crippen LogP contribution is 2.43. The van der Waals surface area contributed by atoms with Gasteiger partial charge in [-0.1, -0.05) is 43.9 Å². The average molecular weight is 310 g/mol. The van der Waals surface area contributed by atoms with E-state index in [1.165, 1.54) is 50.0 Å². The molecule has 2 aliphatic rings. The minimum Gasteiger partial charge on any atom is -0.385 e. The van der Waals surface area contributed by atoms with Gasteiger partial charge in [0, 0.05) is 31.6 Å². The summed E-state index contributed by atoms with van der Waals surface area (Å²) in [6, 6.07) is 10.4. The molecule has 1 N–H and O–H groups in total. The Morgan fingerprint density at radius 3 is 2.57 bits per heavy atom. The summed E-state index contributed by atoms with van der Waals surface area (Å²) in [5.74, 6) is 2.38. The number of fused-ring (bicyclic) bond motifs is 1. The van der Waals surface area contributed by atoms with E-state index in [0.717, 1.165) is 31.8 Å². The summed E-state index contributed by atoms with van der Waals surface area (Å²) in [7, 11) is 0. The predicted octanol–water partition coefficient (Wildman–Crippen LogP) is 3.83. The third-order valence-corrected chi connectivity index (χ3v) is 5.55. The van der Waals surface area contributed by atoms with Crippen molar-refractivity contribution in [2.24, 2.45) is 5.41 Å². The van der Waals surface area contributed by atoms with Gasteiger partial charge in [-0.05, 0) is 30.4 Å². The van der Waals surface area contributed by atoms with Gasteiger partial charge in [0.25, 0.3) is 0 Å². The molecule has 0 saturated heterocycles. The van der Waals surface area contributed by atoms with Crippen molar-refractivity contribution in [3.63, 3.8) is 0 Å². The van der Waals surface area contributed by atoms with Crippen LogP contribution in [0.3, 0.4) is 0 Å². The molecule has 1 saturated carbocycles. The fourth-order valence-electron chi connectivity index (χ4n) is 4.29. The summed E-state index contributed by atoms with van der Waals surface area (Å²) in [5.41, 5.74) is 1.66. The second-order valence-corrected chi connectivity index (χ2v) is 7.25. The molecule has 2 heterocycles. The molecular weight excluding hydrogens is 284 g/mol. The molecule has 4 rings (SSSR count). The van der Waals surface area contributed by atoms with Gasteiger partial charge in [0.2, 0.25) is 0 Å². The second-order valence-electron chi connectivity index (χ2n) is 7.25. The lowest BCUT2D eigenvalue weighted by molar-refractivity contribution is 0.236. The van der Waals surface area contributed by atoms with Crippen LogP contribution in [-0.2, 0) is 19.4 Å². The van der Waals surface area contributed by atoms with Crippen molar-refractivity contribution in [2.45, 2.75) is 57.9 Å². The zero-order valence-corrected chi connectivity index (χ0v) is 13.8. The van der Waals surface area contributed by atoms with Crippen molar-refractivity contribution >= 4 is 5.69 Å². The third-order valence-electron chi connectivity index (χ3n) is 5.55. The SMILES string of the molecule is c1ccc(NCCc2nnc3n2CC2(CCCCCC2)C3)cc1. The monoisotopic (exact) mass is 310 g/mol. The average Bonchev–Trinajstić information content (AvgIpc) is 3.00. The Hall–Kier alpha value is -1.84. The van der Waals surface area contributed by atoms with Crippen molar-refractivity contribution in [1.29, 1.82) is 0 Å². The van der Waals surface area contributed by atoms with Gasteiger partial charge in [-0.25, -0.2) is 0 Å². The van der Waals surface area contributed by atoms with Crippen LogP contribution >= 0.6 is 0 Å². The maximum absolute atomic E-state index is 4.49. The number of benzene rings is 1.